The molecule has 5 nitrogen and oxygen atoms in total. The molecule has 170 valence electrons. The number of ketones is 1. The van der Waals surface area contributed by atoms with Crippen molar-refractivity contribution in [1.29, 1.82) is 0 Å². The lowest BCUT2D eigenvalue weighted by Gasteiger charge is -2.61. The first-order chi connectivity index (χ1) is 14.9. The fourth-order valence-electron chi connectivity index (χ4n) is 9.28. The predicted molar refractivity (Wildman–Crippen MR) is 117 cm³/mol. The van der Waals surface area contributed by atoms with Gasteiger partial charge in [-0.1, -0.05) is 13.8 Å². The molecule has 1 aromatic heterocycles. The molecule has 7 atom stereocenters. The summed E-state index contributed by atoms with van der Waals surface area (Å²) in [5, 5.41) is 0. The third-order valence-electron chi connectivity index (χ3n) is 10.8. The molecule has 4 saturated carbocycles. The van der Waals surface area contributed by atoms with Crippen molar-refractivity contribution in [3.63, 3.8) is 0 Å². The predicted octanol–water partition coefficient (Wildman–Crippen LogP) is 4.85. The number of rotatable bonds is 3. The monoisotopic (exact) mass is 426 g/mol. The number of Topliss-reactive ketones (excluding diaryl/α,β-unsaturated/α-hetero) is 1. The summed E-state index contributed by atoms with van der Waals surface area (Å²) >= 11 is 0. The fraction of sp³-hybridized carbons (Fsp3) is 0.846. The van der Waals surface area contributed by atoms with Gasteiger partial charge in [-0.15, -0.1) is 0 Å². The second-order valence-electron chi connectivity index (χ2n) is 11.8. The Balaban J connectivity index is 1.29. The highest BCUT2D eigenvalue weighted by Crippen LogP contribution is 2.69. The Morgan fingerprint density at radius 1 is 1.03 bits per heavy atom. The number of hydrogen-bond acceptors (Lipinski definition) is 4. The van der Waals surface area contributed by atoms with Gasteiger partial charge in [-0.05, 0) is 79.4 Å². The lowest BCUT2D eigenvalue weighted by Crippen LogP contribution is -2.56. The Morgan fingerprint density at radius 2 is 1.84 bits per heavy atom. The van der Waals surface area contributed by atoms with E-state index < -0.39 is 5.79 Å². The van der Waals surface area contributed by atoms with Crippen LogP contribution >= 0.6 is 0 Å². The van der Waals surface area contributed by atoms with Crippen LogP contribution in [0.3, 0.4) is 0 Å². The number of aromatic nitrogens is 2. The summed E-state index contributed by atoms with van der Waals surface area (Å²) in [7, 11) is 0. The minimum absolute atomic E-state index is 0.278. The van der Waals surface area contributed by atoms with E-state index in [2.05, 4.69) is 23.4 Å². The summed E-state index contributed by atoms with van der Waals surface area (Å²) < 4.78 is 15.1. The molecule has 2 heterocycles. The largest absolute Gasteiger partial charge is 0.345 e. The second kappa shape index (κ2) is 7.15. The summed E-state index contributed by atoms with van der Waals surface area (Å²) in [4.78, 5) is 16.4. The lowest BCUT2D eigenvalue weighted by atomic mass is 9.44. The summed E-state index contributed by atoms with van der Waals surface area (Å²) in [5.41, 5.74) is 0.658. The average molecular weight is 427 g/mol. The molecule has 1 aromatic rings. The quantitative estimate of drug-likeness (QED) is 0.693. The minimum atomic E-state index is -0.505. The molecule has 1 saturated heterocycles. The fourth-order valence-corrected chi connectivity index (χ4v) is 9.28. The highest BCUT2D eigenvalue weighted by Gasteiger charge is 2.64. The van der Waals surface area contributed by atoms with Crippen molar-refractivity contribution in [2.45, 2.75) is 84.0 Å². The van der Waals surface area contributed by atoms with E-state index in [0.717, 1.165) is 43.6 Å². The van der Waals surface area contributed by atoms with E-state index in [1.54, 1.807) is 0 Å². The molecule has 0 spiro atoms. The van der Waals surface area contributed by atoms with Crippen molar-refractivity contribution in [3.05, 3.63) is 18.7 Å². The molecule has 4 aliphatic carbocycles. The summed E-state index contributed by atoms with van der Waals surface area (Å²) in [6.07, 6.45) is 16.2. The maximum Gasteiger partial charge on any atom is 0.189 e. The second-order valence-corrected chi connectivity index (χ2v) is 11.8. The van der Waals surface area contributed by atoms with Gasteiger partial charge >= 0.3 is 0 Å². The zero-order chi connectivity index (χ0) is 21.3. The van der Waals surface area contributed by atoms with Gasteiger partial charge in [0.25, 0.3) is 0 Å². The van der Waals surface area contributed by atoms with E-state index >= 15 is 0 Å². The maximum absolute atomic E-state index is 12.2. The Morgan fingerprint density at radius 3 is 2.61 bits per heavy atom. The molecule has 0 amide bonds. The number of hydrogen-bond donors (Lipinski definition) is 0. The van der Waals surface area contributed by atoms with Crippen LogP contribution in [0.1, 0.15) is 71.6 Å². The van der Waals surface area contributed by atoms with Gasteiger partial charge < -0.3 is 14.0 Å². The van der Waals surface area contributed by atoms with Gasteiger partial charge in [0.1, 0.15) is 5.78 Å². The molecular weight excluding hydrogens is 388 g/mol. The van der Waals surface area contributed by atoms with Crippen LogP contribution in [0.4, 0.5) is 0 Å². The van der Waals surface area contributed by atoms with Crippen LogP contribution in [0.5, 0.6) is 0 Å². The molecule has 0 radical (unpaired) electrons. The number of fused-ring (bicyclic) bond motifs is 5. The van der Waals surface area contributed by atoms with Gasteiger partial charge in [0.2, 0.25) is 0 Å². The molecule has 5 aliphatic rings. The van der Waals surface area contributed by atoms with Crippen LogP contribution in [-0.4, -0.2) is 34.3 Å². The van der Waals surface area contributed by atoms with Crippen LogP contribution in [0.2, 0.25) is 0 Å². The van der Waals surface area contributed by atoms with E-state index in [1.807, 2.05) is 18.7 Å². The van der Waals surface area contributed by atoms with Crippen molar-refractivity contribution < 1.29 is 14.3 Å². The van der Waals surface area contributed by atoms with Crippen molar-refractivity contribution >= 4 is 5.78 Å². The summed E-state index contributed by atoms with van der Waals surface area (Å²) in [6.45, 7) is 7.25. The van der Waals surface area contributed by atoms with Gasteiger partial charge in [-0.25, -0.2) is 4.98 Å². The third kappa shape index (κ3) is 2.95. The molecule has 0 bridgehead atoms. The summed E-state index contributed by atoms with van der Waals surface area (Å²) in [5.74, 6) is 3.45. The normalized spacial score (nSPS) is 46.4. The molecule has 0 aromatic carbocycles. The van der Waals surface area contributed by atoms with Crippen molar-refractivity contribution in [3.8, 4) is 0 Å². The highest BCUT2D eigenvalue weighted by molar-refractivity contribution is 5.79. The van der Waals surface area contributed by atoms with Gasteiger partial charge in [0.15, 0.2) is 5.79 Å². The highest BCUT2D eigenvalue weighted by atomic mass is 16.7. The molecule has 5 fully saturated rings. The molecule has 0 unspecified atom stereocenters. The maximum atomic E-state index is 12.2. The Kier molecular flexibility index (Phi) is 4.71. The number of nitrogens with zero attached hydrogens (tertiary/aromatic N) is 2. The molecule has 6 rings (SSSR count). The topological polar surface area (TPSA) is 53.4 Å². The van der Waals surface area contributed by atoms with E-state index in [4.69, 9.17) is 9.47 Å². The van der Waals surface area contributed by atoms with Crippen molar-refractivity contribution in [1.82, 2.24) is 9.55 Å². The van der Waals surface area contributed by atoms with Crippen LogP contribution < -0.4 is 0 Å². The smallest absolute Gasteiger partial charge is 0.189 e. The molecular formula is C26H38N2O3. The SMILES string of the molecule is C[C@]12CCC(=O)C[C@H]1CC[C@@H]1[C@@H]2CC[C@]2(C)[C@@H](C3(Cn4ccnc4)OCCO3)CC[C@@H]12. The molecule has 31 heavy (non-hydrogen) atoms. The first-order valence-electron chi connectivity index (χ1n) is 12.7. The number of ether oxygens (including phenoxy) is 2. The van der Waals surface area contributed by atoms with Gasteiger partial charge in [0, 0.05) is 31.2 Å². The van der Waals surface area contributed by atoms with Gasteiger partial charge in [-0.3, -0.25) is 4.79 Å². The molecule has 0 N–H and O–H groups in total. The molecule has 1 aliphatic heterocycles. The zero-order valence-electron chi connectivity index (χ0n) is 19.2. The standard InChI is InChI=1S/C26H38N2O3/c1-24-9-7-19(29)15-18(24)3-4-20-21-5-6-23(25(21,2)10-8-22(20)24)26(30-13-14-31-26)16-28-12-11-27-17-28/h11-12,17-18,20-23H,3-10,13-16H2,1-2H3/t18-,20+,21+,22+,23+,24+,25+/m1/s1. The first kappa shape index (κ1) is 20.4. The van der Waals surface area contributed by atoms with Crippen LogP contribution in [0, 0.1) is 40.4 Å². The van der Waals surface area contributed by atoms with Crippen LogP contribution in [-0.2, 0) is 20.8 Å². The Bertz CT molecular complexity index is 832. The van der Waals surface area contributed by atoms with E-state index in [9.17, 15) is 4.79 Å². The van der Waals surface area contributed by atoms with E-state index in [0.29, 0.717) is 36.2 Å². The van der Waals surface area contributed by atoms with Crippen LogP contribution in [0.15, 0.2) is 18.7 Å². The number of carbonyl (C=O) groups is 1. The number of imidazole rings is 1. The van der Waals surface area contributed by atoms with Crippen LogP contribution in [0.25, 0.3) is 0 Å². The Labute approximate surface area is 186 Å². The van der Waals surface area contributed by atoms with Crippen molar-refractivity contribution in [2.24, 2.45) is 40.4 Å². The summed E-state index contributed by atoms with van der Waals surface area (Å²) in [6, 6.07) is 0. The average Bonchev–Trinajstić information content (AvgIpc) is 3.49. The number of carbonyl (C=O) groups excluding carboxylic acids is 1. The minimum Gasteiger partial charge on any atom is -0.345 e. The van der Waals surface area contributed by atoms with E-state index in [-0.39, 0.29) is 5.41 Å². The van der Waals surface area contributed by atoms with Gasteiger partial charge in [-0.2, -0.15) is 0 Å². The first-order valence-corrected chi connectivity index (χ1v) is 12.7. The Hall–Kier alpha value is -1.20. The third-order valence-corrected chi connectivity index (χ3v) is 10.8. The zero-order valence-corrected chi connectivity index (χ0v) is 19.2. The van der Waals surface area contributed by atoms with Crippen molar-refractivity contribution in [2.75, 3.05) is 13.2 Å². The van der Waals surface area contributed by atoms with Gasteiger partial charge in [0.05, 0.1) is 26.1 Å². The van der Waals surface area contributed by atoms with E-state index in [1.165, 1.54) is 38.5 Å². The lowest BCUT2D eigenvalue weighted by molar-refractivity contribution is -0.236. The molecule has 5 heteroatoms.